The smallest absolute Gasteiger partial charge is 0.261 e. The second kappa shape index (κ2) is 6.78. The van der Waals surface area contributed by atoms with Gasteiger partial charge in [-0.15, -0.1) is 0 Å². The van der Waals surface area contributed by atoms with E-state index in [1.165, 1.54) is 43.3 Å². The first kappa shape index (κ1) is 17.0. The van der Waals surface area contributed by atoms with Crippen LogP contribution in [0.2, 0.25) is 0 Å². The Hall–Kier alpha value is -2.41. The Labute approximate surface area is 134 Å². The third-order valence-corrected chi connectivity index (χ3v) is 4.56. The van der Waals surface area contributed by atoms with Gasteiger partial charge in [0.15, 0.2) is 0 Å². The summed E-state index contributed by atoms with van der Waals surface area (Å²) < 4.78 is 40.2. The molecule has 0 fully saturated rings. The second-order valence-corrected chi connectivity index (χ2v) is 6.64. The van der Waals surface area contributed by atoms with Crippen LogP contribution in [0.1, 0.15) is 22.8 Å². The van der Waals surface area contributed by atoms with Crippen molar-refractivity contribution in [2.45, 2.75) is 18.7 Å². The lowest BCUT2D eigenvalue weighted by Gasteiger charge is -2.10. The van der Waals surface area contributed by atoms with E-state index in [4.69, 9.17) is 0 Å². The highest BCUT2D eigenvalue weighted by Gasteiger charge is 2.15. The molecule has 1 amide bonds. The van der Waals surface area contributed by atoms with Crippen molar-refractivity contribution in [3.8, 4) is 0 Å². The average Bonchev–Trinajstić information content (AvgIpc) is 2.50. The molecule has 23 heavy (non-hydrogen) atoms. The summed E-state index contributed by atoms with van der Waals surface area (Å²) in [6.45, 7) is 3.82. The fraction of sp³-hybridized carbons (Fsp3) is 0.188. The van der Waals surface area contributed by atoms with Gasteiger partial charge in [-0.1, -0.05) is 0 Å². The number of benzene rings is 2. The molecule has 7 heteroatoms. The van der Waals surface area contributed by atoms with Crippen molar-refractivity contribution < 1.29 is 17.6 Å². The third kappa shape index (κ3) is 4.07. The van der Waals surface area contributed by atoms with E-state index in [1.807, 2.05) is 6.92 Å². The number of aryl methyl sites for hydroxylation is 1. The number of rotatable bonds is 5. The van der Waals surface area contributed by atoms with Crippen molar-refractivity contribution in [1.82, 2.24) is 5.32 Å². The molecular weight excluding hydrogens is 319 g/mol. The minimum absolute atomic E-state index is 0.0239. The molecule has 0 aliphatic carbocycles. The number of nitrogens with one attached hydrogen (secondary N) is 2. The minimum atomic E-state index is -3.81. The molecule has 0 heterocycles. The first-order valence-corrected chi connectivity index (χ1v) is 8.49. The quantitative estimate of drug-likeness (QED) is 0.881. The van der Waals surface area contributed by atoms with E-state index < -0.39 is 15.8 Å². The molecule has 0 aromatic heterocycles. The monoisotopic (exact) mass is 336 g/mol. The van der Waals surface area contributed by atoms with Gasteiger partial charge in [0.25, 0.3) is 15.9 Å². The fourth-order valence-electron chi connectivity index (χ4n) is 1.95. The highest BCUT2D eigenvalue weighted by molar-refractivity contribution is 7.92. The topological polar surface area (TPSA) is 75.3 Å². The van der Waals surface area contributed by atoms with Gasteiger partial charge in [0.1, 0.15) is 5.82 Å². The Balaban J connectivity index is 2.20. The van der Waals surface area contributed by atoms with Gasteiger partial charge in [-0.25, -0.2) is 12.8 Å². The molecule has 2 aromatic carbocycles. The second-order valence-electron chi connectivity index (χ2n) is 4.95. The van der Waals surface area contributed by atoms with E-state index in [2.05, 4.69) is 10.0 Å². The normalized spacial score (nSPS) is 11.1. The summed E-state index contributed by atoms with van der Waals surface area (Å²) in [7, 11) is -3.81. The van der Waals surface area contributed by atoms with Crippen LogP contribution >= 0.6 is 0 Å². The zero-order valence-electron chi connectivity index (χ0n) is 12.8. The summed E-state index contributed by atoms with van der Waals surface area (Å²) in [5, 5.41) is 2.65. The molecule has 0 unspecified atom stereocenters. The van der Waals surface area contributed by atoms with Gasteiger partial charge in [-0.3, -0.25) is 9.52 Å². The predicted molar refractivity (Wildman–Crippen MR) is 86.4 cm³/mol. The van der Waals surface area contributed by atoms with Crippen LogP contribution in [0.5, 0.6) is 0 Å². The molecule has 0 radical (unpaired) electrons. The predicted octanol–water partition coefficient (Wildman–Crippen LogP) is 2.68. The van der Waals surface area contributed by atoms with Crippen LogP contribution in [0.15, 0.2) is 47.4 Å². The molecule has 0 atom stereocenters. The average molecular weight is 336 g/mol. The Morgan fingerprint density at radius 2 is 1.78 bits per heavy atom. The maximum Gasteiger partial charge on any atom is 0.261 e. The molecular formula is C16H17FN2O3S. The number of amides is 1. The van der Waals surface area contributed by atoms with E-state index in [0.29, 0.717) is 17.8 Å². The number of halogens is 1. The summed E-state index contributed by atoms with van der Waals surface area (Å²) in [5.41, 5.74) is 1.01. The molecule has 2 rings (SSSR count). The molecule has 0 bridgehead atoms. The maximum atomic E-state index is 13.2. The van der Waals surface area contributed by atoms with Gasteiger partial charge in [-0.2, -0.15) is 0 Å². The highest BCUT2D eigenvalue weighted by Crippen LogP contribution is 2.19. The largest absolute Gasteiger partial charge is 0.352 e. The summed E-state index contributed by atoms with van der Waals surface area (Å²) in [4.78, 5) is 11.6. The zero-order valence-corrected chi connectivity index (χ0v) is 13.6. The van der Waals surface area contributed by atoms with E-state index >= 15 is 0 Å². The van der Waals surface area contributed by atoms with Gasteiger partial charge in [0.2, 0.25) is 0 Å². The fourth-order valence-corrected chi connectivity index (χ4v) is 3.09. The van der Waals surface area contributed by atoms with Crippen molar-refractivity contribution in [2.75, 3.05) is 11.3 Å². The molecule has 0 saturated heterocycles. The van der Waals surface area contributed by atoms with Crippen molar-refractivity contribution in [3.63, 3.8) is 0 Å². The van der Waals surface area contributed by atoms with Crippen molar-refractivity contribution in [1.29, 1.82) is 0 Å². The summed E-state index contributed by atoms with van der Waals surface area (Å²) >= 11 is 0. The molecule has 5 nitrogen and oxygen atoms in total. The maximum absolute atomic E-state index is 13.2. The van der Waals surface area contributed by atoms with Gasteiger partial charge >= 0.3 is 0 Å². The standard InChI is InChI=1S/C16H17FN2O3S/c1-3-18-16(20)12-4-6-13(7-5-12)19-23(21,22)14-8-9-15(17)11(2)10-14/h4-10,19H,3H2,1-2H3,(H,18,20). The first-order chi connectivity index (χ1) is 10.8. The molecule has 2 aromatic rings. The number of hydrogen-bond donors (Lipinski definition) is 2. The van der Waals surface area contributed by atoms with Gasteiger partial charge in [-0.05, 0) is 61.9 Å². The number of anilines is 1. The Morgan fingerprint density at radius 3 is 2.35 bits per heavy atom. The minimum Gasteiger partial charge on any atom is -0.352 e. The van der Waals surface area contributed by atoms with E-state index in [1.54, 1.807) is 0 Å². The first-order valence-electron chi connectivity index (χ1n) is 7.00. The van der Waals surface area contributed by atoms with Crippen LogP contribution in [0.25, 0.3) is 0 Å². The van der Waals surface area contributed by atoms with Gasteiger partial charge in [0, 0.05) is 17.8 Å². The molecule has 2 N–H and O–H groups in total. The van der Waals surface area contributed by atoms with Crippen LogP contribution in [0, 0.1) is 12.7 Å². The van der Waals surface area contributed by atoms with Crippen LogP contribution in [-0.2, 0) is 10.0 Å². The summed E-state index contributed by atoms with van der Waals surface area (Å²) in [6, 6.07) is 9.63. The Bertz CT molecular complexity index is 818. The van der Waals surface area contributed by atoms with Gasteiger partial charge < -0.3 is 5.32 Å². The SMILES string of the molecule is CCNC(=O)c1ccc(NS(=O)(=O)c2ccc(F)c(C)c2)cc1. The lowest BCUT2D eigenvalue weighted by Crippen LogP contribution is -2.22. The highest BCUT2D eigenvalue weighted by atomic mass is 32.2. The number of carbonyl (C=O) groups excluding carboxylic acids is 1. The van der Waals surface area contributed by atoms with E-state index in [0.717, 1.165) is 6.07 Å². The molecule has 0 aliphatic rings. The zero-order chi connectivity index (χ0) is 17.0. The molecule has 122 valence electrons. The lowest BCUT2D eigenvalue weighted by atomic mass is 10.2. The van der Waals surface area contributed by atoms with E-state index in [9.17, 15) is 17.6 Å². The van der Waals surface area contributed by atoms with Crippen molar-refractivity contribution in [2.24, 2.45) is 0 Å². The van der Waals surface area contributed by atoms with Crippen LogP contribution in [0.3, 0.4) is 0 Å². The lowest BCUT2D eigenvalue weighted by molar-refractivity contribution is 0.0956. The summed E-state index contributed by atoms with van der Waals surface area (Å²) in [6.07, 6.45) is 0. The van der Waals surface area contributed by atoms with Crippen LogP contribution < -0.4 is 10.0 Å². The van der Waals surface area contributed by atoms with Crippen LogP contribution in [0.4, 0.5) is 10.1 Å². The molecule has 0 spiro atoms. The number of hydrogen-bond acceptors (Lipinski definition) is 3. The summed E-state index contributed by atoms with van der Waals surface area (Å²) in [5.74, 6) is -0.689. The Morgan fingerprint density at radius 1 is 1.13 bits per heavy atom. The van der Waals surface area contributed by atoms with E-state index in [-0.39, 0.29) is 16.4 Å². The molecule has 0 aliphatic heterocycles. The van der Waals surface area contributed by atoms with Gasteiger partial charge in [0.05, 0.1) is 4.90 Å². The Kier molecular flexibility index (Phi) is 5.00. The molecule has 0 saturated carbocycles. The van der Waals surface area contributed by atoms with Crippen molar-refractivity contribution >= 4 is 21.6 Å². The van der Waals surface area contributed by atoms with Crippen molar-refractivity contribution in [3.05, 3.63) is 59.4 Å². The number of carbonyl (C=O) groups is 1. The number of sulfonamides is 1. The third-order valence-electron chi connectivity index (χ3n) is 3.18. The van der Waals surface area contributed by atoms with Crippen LogP contribution in [-0.4, -0.2) is 20.9 Å².